The van der Waals surface area contributed by atoms with Crippen molar-refractivity contribution in [1.29, 1.82) is 0 Å². The number of piperidine rings is 1. The van der Waals surface area contributed by atoms with Crippen molar-refractivity contribution in [2.45, 2.75) is 39.2 Å². The second kappa shape index (κ2) is 8.41. The van der Waals surface area contributed by atoms with Gasteiger partial charge in [-0.15, -0.1) is 0 Å². The molecule has 1 fully saturated rings. The average Bonchev–Trinajstić information content (AvgIpc) is 2.67. The molecule has 2 heterocycles. The predicted molar refractivity (Wildman–Crippen MR) is 99.4 cm³/mol. The highest BCUT2D eigenvalue weighted by atomic mass is 16.5. The Hall–Kier alpha value is -2.57. The van der Waals surface area contributed by atoms with Crippen LogP contribution < -0.4 is 9.64 Å². The molecule has 0 aromatic heterocycles. The van der Waals surface area contributed by atoms with Gasteiger partial charge in [0, 0.05) is 19.6 Å². The maximum Gasteiger partial charge on any atom is 0.308 e. The Balaban J connectivity index is 1.51. The number of para-hydroxylation sites is 2. The summed E-state index contributed by atoms with van der Waals surface area (Å²) >= 11 is 0. The summed E-state index contributed by atoms with van der Waals surface area (Å²) in [5.74, 6) is 0.406. The normalized spacial score (nSPS) is 18.5. The highest BCUT2D eigenvalue weighted by Gasteiger charge is 2.28. The van der Waals surface area contributed by atoms with Gasteiger partial charge >= 0.3 is 5.97 Å². The largest absolute Gasteiger partial charge is 0.482 e. The number of benzene rings is 1. The third kappa shape index (κ3) is 4.59. The summed E-state index contributed by atoms with van der Waals surface area (Å²) in [7, 11) is 0. The van der Waals surface area contributed by atoms with Gasteiger partial charge in [-0.3, -0.25) is 14.4 Å². The summed E-state index contributed by atoms with van der Waals surface area (Å²) in [6, 6.07) is 7.20. The molecule has 2 amide bonds. The number of nitrogens with zero attached hydrogens (tertiary/aromatic N) is 2. The van der Waals surface area contributed by atoms with Crippen molar-refractivity contribution < 1.29 is 23.9 Å². The van der Waals surface area contributed by atoms with Crippen molar-refractivity contribution >= 4 is 23.5 Å². The molecular formula is C20H26N2O5. The first kappa shape index (κ1) is 19.2. The fraction of sp³-hybridized carbons (Fsp3) is 0.550. The number of esters is 1. The van der Waals surface area contributed by atoms with Crippen molar-refractivity contribution in [2.24, 2.45) is 5.92 Å². The summed E-state index contributed by atoms with van der Waals surface area (Å²) in [4.78, 5) is 40.0. The van der Waals surface area contributed by atoms with Gasteiger partial charge in [-0.2, -0.15) is 0 Å². The van der Waals surface area contributed by atoms with Crippen LogP contribution in [0.5, 0.6) is 5.75 Å². The number of likely N-dealkylation sites (tertiary alicyclic amines) is 1. The molecule has 2 aliphatic heterocycles. The Morgan fingerprint density at radius 2 is 1.96 bits per heavy atom. The van der Waals surface area contributed by atoms with E-state index in [0.29, 0.717) is 30.4 Å². The smallest absolute Gasteiger partial charge is 0.308 e. The summed E-state index contributed by atoms with van der Waals surface area (Å²) < 4.78 is 10.7. The van der Waals surface area contributed by atoms with Crippen molar-refractivity contribution in [1.82, 2.24) is 4.90 Å². The van der Waals surface area contributed by atoms with E-state index in [4.69, 9.17) is 9.47 Å². The Labute approximate surface area is 159 Å². The molecule has 1 atom stereocenters. The van der Waals surface area contributed by atoms with Gasteiger partial charge in [0.15, 0.2) is 12.7 Å². The van der Waals surface area contributed by atoms with Gasteiger partial charge in [0.25, 0.3) is 11.8 Å². The number of rotatable bonds is 5. The number of fused-ring (bicyclic) bond motifs is 1. The van der Waals surface area contributed by atoms with E-state index in [0.717, 1.165) is 12.8 Å². The van der Waals surface area contributed by atoms with Crippen molar-refractivity contribution in [3.05, 3.63) is 24.3 Å². The van der Waals surface area contributed by atoms with E-state index in [9.17, 15) is 14.4 Å². The van der Waals surface area contributed by atoms with Gasteiger partial charge in [-0.25, -0.2) is 0 Å². The molecule has 0 bridgehead atoms. The van der Waals surface area contributed by atoms with Crippen molar-refractivity contribution in [3.63, 3.8) is 0 Å². The van der Waals surface area contributed by atoms with E-state index in [1.807, 2.05) is 12.1 Å². The third-order valence-electron chi connectivity index (χ3n) is 5.10. The minimum absolute atomic E-state index is 0.0225. The van der Waals surface area contributed by atoms with Crippen molar-refractivity contribution in [3.8, 4) is 5.75 Å². The molecule has 1 saturated heterocycles. The molecule has 1 aromatic rings. The number of anilines is 1. The molecule has 3 rings (SSSR count). The average molecular weight is 374 g/mol. The first-order valence-electron chi connectivity index (χ1n) is 9.46. The molecule has 7 heteroatoms. The molecule has 0 spiro atoms. The lowest BCUT2D eigenvalue weighted by Crippen LogP contribution is -2.44. The second-order valence-electron chi connectivity index (χ2n) is 7.19. The number of amides is 2. The minimum Gasteiger partial charge on any atom is -0.482 e. The molecule has 0 radical (unpaired) electrons. The quantitative estimate of drug-likeness (QED) is 0.737. The molecular weight excluding hydrogens is 348 g/mol. The molecule has 1 unspecified atom stereocenters. The van der Waals surface area contributed by atoms with Crippen LogP contribution in [0.15, 0.2) is 24.3 Å². The summed E-state index contributed by atoms with van der Waals surface area (Å²) in [5.41, 5.74) is 0.646. The van der Waals surface area contributed by atoms with Crippen LogP contribution in [0.2, 0.25) is 0 Å². The van der Waals surface area contributed by atoms with Gasteiger partial charge in [-0.05, 0) is 37.8 Å². The van der Waals surface area contributed by atoms with E-state index >= 15 is 0 Å². The van der Waals surface area contributed by atoms with Crippen LogP contribution >= 0.6 is 0 Å². The summed E-state index contributed by atoms with van der Waals surface area (Å²) in [6.45, 7) is 5.35. The number of hydrogen-bond acceptors (Lipinski definition) is 5. The van der Waals surface area contributed by atoms with Crippen molar-refractivity contribution in [2.75, 3.05) is 31.1 Å². The minimum atomic E-state index is -0.807. The van der Waals surface area contributed by atoms with Crippen LogP contribution in [0.3, 0.4) is 0 Å². The third-order valence-corrected chi connectivity index (χ3v) is 5.10. The highest BCUT2D eigenvalue weighted by Crippen LogP contribution is 2.31. The predicted octanol–water partition coefficient (Wildman–Crippen LogP) is 1.99. The van der Waals surface area contributed by atoms with E-state index in [2.05, 4.69) is 6.92 Å². The lowest BCUT2D eigenvalue weighted by molar-refractivity contribution is -0.159. The first-order valence-corrected chi connectivity index (χ1v) is 9.46. The highest BCUT2D eigenvalue weighted by molar-refractivity contribution is 5.98. The number of ether oxygens (including phenoxy) is 2. The monoisotopic (exact) mass is 374 g/mol. The number of hydrogen-bond donors (Lipinski definition) is 0. The van der Waals surface area contributed by atoms with Gasteiger partial charge < -0.3 is 19.3 Å². The Bertz CT molecular complexity index is 712. The molecule has 0 saturated carbocycles. The van der Waals surface area contributed by atoms with Crippen LogP contribution in [0.25, 0.3) is 0 Å². The second-order valence-corrected chi connectivity index (χ2v) is 7.19. The molecule has 146 valence electrons. The van der Waals surface area contributed by atoms with E-state index in [-0.39, 0.29) is 31.4 Å². The zero-order valence-corrected chi connectivity index (χ0v) is 15.8. The first-order chi connectivity index (χ1) is 13.0. The number of carbonyl (C=O) groups excluding carboxylic acids is 3. The molecule has 2 aliphatic rings. The lowest BCUT2D eigenvalue weighted by Gasteiger charge is -2.32. The molecule has 1 aromatic carbocycles. The summed E-state index contributed by atoms with van der Waals surface area (Å²) in [6.07, 6.45) is 1.17. The van der Waals surface area contributed by atoms with Crippen LogP contribution in [-0.4, -0.2) is 55.0 Å². The van der Waals surface area contributed by atoms with Crippen LogP contribution in [0.1, 0.15) is 33.1 Å². The number of carbonyl (C=O) groups is 3. The maximum absolute atomic E-state index is 12.4. The van der Waals surface area contributed by atoms with E-state index in [1.165, 1.54) is 4.90 Å². The Morgan fingerprint density at radius 1 is 1.26 bits per heavy atom. The van der Waals surface area contributed by atoms with Crippen LogP contribution in [-0.2, 0) is 19.1 Å². The zero-order valence-electron chi connectivity index (χ0n) is 15.8. The summed E-state index contributed by atoms with van der Waals surface area (Å²) in [5, 5.41) is 0. The Kier molecular flexibility index (Phi) is 5.98. The molecule has 0 aliphatic carbocycles. The van der Waals surface area contributed by atoms with E-state index < -0.39 is 12.1 Å². The van der Waals surface area contributed by atoms with Gasteiger partial charge in [0.1, 0.15) is 5.75 Å². The van der Waals surface area contributed by atoms with Gasteiger partial charge in [0.2, 0.25) is 0 Å². The molecule has 27 heavy (non-hydrogen) atoms. The van der Waals surface area contributed by atoms with Crippen LogP contribution in [0, 0.1) is 5.92 Å². The van der Waals surface area contributed by atoms with Gasteiger partial charge in [-0.1, -0.05) is 19.1 Å². The zero-order chi connectivity index (χ0) is 19.4. The standard InChI is InChI=1S/C20H26N2O5/c1-14-7-10-21(11-8-14)20(25)15(2)27-19(24)9-12-22-16-5-3-4-6-17(16)26-13-18(22)23/h3-6,14-15H,7-13H2,1-2H3. The fourth-order valence-corrected chi connectivity index (χ4v) is 3.39. The lowest BCUT2D eigenvalue weighted by atomic mass is 9.99. The van der Waals surface area contributed by atoms with E-state index in [1.54, 1.807) is 24.0 Å². The van der Waals surface area contributed by atoms with Crippen LogP contribution in [0.4, 0.5) is 5.69 Å². The molecule has 7 nitrogen and oxygen atoms in total. The maximum atomic E-state index is 12.4. The fourth-order valence-electron chi connectivity index (χ4n) is 3.39. The molecule has 0 N–H and O–H groups in total. The Morgan fingerprint density at radius 3 is 2.70 bits per heavy atom. The van der Waals surface area contributed by atoms with Gasteiger partial charge in [0.05, 0.1) is 12.1 Å². The SMILES string of the molecule is CC1CCN(C(=O)C(C)OC(=O)CCN2C(=O)COc3ccccc32)CC1. The topological polar surface area (TPSA) is 76.2 Å².